The fraction of sp³-hybridized carbons (Fsp3) is 0.571. The normalized spacial score (nSPS) is 23.6. The quantitative estimate of drug-likeness (QED) is 0.801. The van der Waals surface area contributed by atoms with Crippen LogP contribution in [0.1, 0.15) is 37.3 Å². The lowest BCUT2D eigenvalue weighted by Gasteiger charge is -2.32. The summed E-state index contributed by atoms with van der Waals surface area (Å²) in [7, 11) is 1.45. The minimum atomic E-state index is -0.113. The van der Waals surface area contributed by atoms with Crippen LogP contribution < -0.4 is 4.90 Å². The van der Waals surface area contributed by atoms with Crippen molar-refractivity contribution in [1.29, 1.82) is 0 Å². The van der Waals surface area contributed by atoms with Gasteiger partial charge >= 0.3 is 5.97 Å². The van der Waals surface area contributed by atoms with Crippen molar-refractivity contribution in [2.75, 3.05) is 20.2 Å². The summed E-state index contributed by atoms with van der Waals surface area (Å²) in [5, 5.41) is 0. The van der Waals surface area contributed by atoms with E-state index in [-0.39, 0.29) is 5.97 Å². The van der Waals surface area contributed by atoms with Gasteiger partial charge in [-0.1, -0.05) is 6.07 Å². The van der Waals surface area contributed by atoms with Gasteiger partial charge in [-0.05, 0) is 18.9 Å². The molecule has 1 aliphatic heterocycles. The lowest BCUT2D eigenvalue weighted by molar-refractivity contribution is -0.936. The molecule has 2 rings (SSSR count). The molecule has 18 heavy (non-hydrogen) atoms. The molecule has 1 aliphatic rings. The van der Waals surface area contributed by atoms with E-state index in [2.05, 4.69) is 11.1 Å². The standard InChI is InChI=1S/C14H20N2O2/c1-18-14(17)7-10-16-9-3-2-6-13(16)12-5-4-8-15-11-12/h4-5,8,11,13H,2-3,6-7,9-10H2,1H3/p+1/t13-/m0/s1. The Balaban J connectivity index is 2.00. The summed E-state index contributed by atoms with van der Waals surface area (Å²) in [5.74, 6) is -0.113. The van der Waals surface area contributed by atoms with Gasteiger partial charge in [0.2, 0.25) is 0 Å². The number of quaternary nitrogens is 1. The van der Waals surface area contributed by atoms with Crippen LogP contribution in [0.2, 0.25) is 0 Å². The predicted molar refractivity (Wildman–Crippen MR) is 68.2 cm³/mol. The maximum absolute atomic E-state index is 11.2. The Morgan fingerprint density at radius 2 is 2.44 bits per heavy atom. The van der Waals surface area contributed by atoms with Crippen LogP contribution in [-0.4, -0.2) is 31.2 Å². The Morgan fingerprint density at radius 1 is 1.56 bits per heavy atom. The topological polar surface area (TPSA) is 43.6 Å². The first-order valence-electron chi connectivity index (χ1n) is 6.62. The van der Waals surface area contributed by atoms with E-state index in [0.29, 0.717) is 12.5 Å². The molecule has 2 heterocycles. The Kier molecular flexibility index (Phi) is 4.70. The van der Waals surface area contributed by atoms with Crippen molar-refractivity contribution in [3.05, 3.63) is 30.1 Å². The average Bonchev–Trinajstić information content (AvgIpc) is 2.46. The Hall–Kier alpha value is -1.42. The molecule has 0 radical (unpaired) electrons. The molecule has 0 aliphatic carbocycles. The third kappa shape index (κ3) is 3.29. The summed E-state index contributed by atoms with van der Waals surface area (Å²) in [6, 6.07) is 4.61. The van der Waals surface area contributed by atoms with Crippen molar-refractivity contribution < 1.29 is 14.4 Å². The number of piperidine rings is 1. The van der Waals surface area contributed by atoms with E-state index in [4.69, 9.17) is 4.74 Å². The number of methoxy groups -OCH3 is 1. The van der Waals surface area contributed by atoms with Gasteiger partial charge in [0.1, 0.15) is 6.04 Å². The highest BCUT2D eigenvalue weighted by molar-refractivity contribution is 5.69. The van der Waals surface area contributed by atoms with Crippen molar-refractivity contribution in [3.8, 4) is 0 Å². The number of aromatic nitrogens is 1. The smallest absolute Gasteiger partial charge is 0.311 e. The van der Waals surface area contributed by atoms with E-state index < -0.39 is 0 Å². The summed E-state index contributed by atoms with van der Waals surface area (Å²) in [6.45, 7) is 1.99. The van der Waals surface area contributed by atoms with Crippen molar-refractivity contribution in [2.45, 2.75) is 31.7 Å². The van der Waals surface area contributed by atoms with Gasteiger partial charge in [-0.25, -0.2) is 0 Å². The number of rotatable bonds is 4. The molecule has 1 aromatic heterocycles. The zero-order chi connectivity index (χ0) is 12.8. The van der Waals surface area contributed by atoms with Gasteiger partial charge in [-0.2, -0.15) is 0 Å². The minimum absolute atomic E-state index is 0.113. The van der Waals surface area contributed by atoms with E-state index in [1.54, 1.807) is 6.20 Å². The molecule has 1 fully saturated rings. The molecule has 98 valence electrons. The molecule has 1 saturated heterocycles. The lowest BCUT2D eigenvalue weighted by atomic mass is 9.96. The van der Waals surface area contributed by atoms with E-state index in [9.17, 15) is 4.79 Å². The molecule has 1 N–H and O–H groups in total. The second-order valence-electron chi connectivity index (χ2n) is 4.82. The third-order valence-corrected chi connectivity index (χ3v) is 3.70. The molecule has 0 saturated carbocycles. The van der Waals surface area contributed by atoms with Crippen molar-refractivity contribution in [1.82, 2.24) is 4.98 Å². The maximum atomic E-state index is 11.2. The maximum Gasteiger partial charge on any atom is 0.311 e. The Morgan fingerprint density at radius 3 is 3.17 bits per heavy atom. The molecule has 4 nitrogen and oxygen atoms in total. The highest BCUT2D eigenvalue weighted by Crippen LogP contribution is 2.18. The van der Waals surface area contributed by atoms with Crippen LogP contribution in [0, 0.1) is 0 Å². The van der Waals surface area contributed by atoms with E-state index in [1.165, 1.54) is 36.8 Å². The molecule has 4 heteroatoms. The van der Waals surface area contributed by atoms with Crippen LogP contribution in [0.3, 0.4) is 0 Å². The SMILES string of the molecule is COC(=O)CC[NH+]1CCCC[C@H]1c1cccnc1. The summed E-state index contributed by atoms with van der Waals surface area (Å²) >= 11 is 0. The second kappa shape index (κ2) is 6.50. The third-order valence-electron chi connectivity index (χ3n) is 3.70. The monoisotopic (exact) mass is 249 g/mol. The fourth-order valence-electron chi connectivity index (χ4n) is 2.73. The van der Waals surface area contributed by atoms with Gasteiger partial charge in [-0.3, -0.25) is 9.78 Å². The van der Waals surface area contributed by atoms with Crippen LogP contribution in [0.25, 0.3) is 0 Å². The molecule has 0 aromatic carbocycles. The molecule has 0 spiro atoms. The molecule has 1 aromatic rings. The zero-order valence-electron chi connectivity index (χ0n) is 10.9. The number of nitrogens with one attached hydrogen (secondary N) is 1. The summed E-state index contributed by atoms with van der Waals surface area (Å²) < 4.78 is 4.72. The average molecular weight is 249 g/mol. The second-order valence-corrected chi connectivity index (χ2v) is 4.82. The zero-order valence-corrected chi connectivity index (χ0v) is 10.9. The fourth-order valence-corrected chi connectivity index (χ4v) is 2.73. The molecular formula is C14H21N2O2+. The lowest BCUT2D eigenvalue weighted by Crippen LogP contribution is -3.13. The number of carbonyl (C=O) groups is 1. The van der Waals surface area contributed by atoms with Crippen LogP contribution in [0.4, 0.5) is 0 Å². The van der Waals surface area contributed by atoms with Crippen molar-refractivity contribution in [3.63, 3.8) is 0 Å². The highest BCUT2D eigenvalue weighted by atomic mass is 16.5. The number of hydrogen-bond acceptors (Lipinski definition) is 3. The number of pyridine rings is 1. The van der Waals surface area contributed by atoms with Gasteiger partial charge in [0.05, 0.1) is 26.6 Å². The molecule has 0 amide bonds. The van der Waals surface area contributed by atoms with Crippen LogP contribution >= 0.6 is 0 Å². The van der Waals surface area contributed by atoms with Crippen molar-refractivity contribution in [2.24, 2.45) is 0 Å². The minimum Gasteiger partial charge on any atom is -0.469 e. The van der Waals surface area contributed by atoms with Gasteiger partial charge in [0.25, 0.3) is 0 Å². The molecular weight excluding hydrogens is 228 g/mol. The van der Waals surface area contributed by atoms with Gasteiger partial charge < -0.3 is 9.64 Å². The van der Waals surface area contributed by atoms with E-state index in [0.717, 1.165) is 13.1 Å². The van der Waals surface area contributed by atoms with Gasteiger partial charge in [0.15, 0.2) is 0 Å². The number of ether oxygens (including phenoxy) is 1. The number of carbonyl (C=O) groups excluding carboxylic acids is 1. The van der Waals surface area contributed by atoms with E-state index in [1.807, 2.05) is 12.3 Å². The first kappa shape index (κ1) is 13.0. The Bertz CT molecular complexity index is 381. The molecule has 2 atom stereocenters. The molecule has 1 unspecified atom stereocenters. The number of hydrogen-bond donors (Lipinski definition) is 1. The predicted octanol–water partition coefficient (Wildman–Crippen LogP) is 0.755. The van der Waals surface area contributed by atoms with Gasteiger partial charge in [0, 0.05) is 24.4 Å². The van der Waals surface area contributed by atoms with Gasteiger partial charge in [-0.15, -0.1) is 0 Å². The van der Waals surface area contributed by atoms with Crippen LogP contribution in [0.15, 0.2) is 24.5 Å². The number of likely N-dealkylation sites (tertiary alicyclic amines) is 1. The van der Waals surface area contributed by atoms with Crippen LogP contribution in [0.5, 0.6) is 0 Å². The number of esters is 1. The first-order chi connectivity index (χ1) is 8.81. The summed E-state index contributed by atoms with van der Waals surface area (Å²) in [6.07, 6.45) is 7.95. The number of nitrogens with zero attached hydrogens (tertiary/aromatic N) is 1. The van der Waals surface area contributed by atoms with E-state index >= 15 is 0 Å². The highest BCUT2D eigenvalue weighted by Gasteiger charge is 2.27. The summed E-state index contributed by atoms with van der Waals surface area (Å²) in [5.41, 5.74) is 1.29. The largest absolute Gasteiger partial charge is 0.469 e. The molecule has 0 bridgehead atoms. The first-order valence-corrected chi connectivity index (χ1v) is 6.62. The van der Waals surface area contributed by atoms with Crippen LogP contribution in [-0.2, 0) is 9.53 Å². The Labute approximate surface area is 108 Å². The van der Waals surface area contributed by atoms with Crippen molar-refractivity contribution >= 4 is 5.97 Å². The summed E-state index contributed by atoms with van der Waals surface area (Å²) in [4.78, 5) is 16.9.